The van der Waals surface area contributed by atoms with E-state index in [0.29, 0.717) is 26.1 Å². The summed E-state index contributed by atoms with van der Waals surface area (Å²) in [5, 5.41) is 0. The number of carbonyl (C=O) groups excluding carboxylic acids is 1. The van der Waals surface area contributed by atoms with Gasteiger partial charge in [0.15, 0.2) is 0 Å². The summed E-state index contributed by atoms with van der Waals surface area (Å²) in [6.45, 7) is 9.17. The average molecular weight is 535 g/mol. The number of esters is 1. The van der Waals surface area contributed by atoms with E-state index < -0.39 is 21.3 Å². The fourth-order valence-electron chi connectivity index (χ4n) is 4.37. The van der Waals surface area contributed by atoms with Crippen molar-refractivity contribution in [2.45, 2.75) is 70.5 Å². The van der Waals surface area contributed by atoms with E-state index in [1.165, 1.54) is 11.1 Å². The van der Waals surface area contributed by atoms with Gasteiger partial charge in [0.25, 0.3) is 0 Å². The quantitative estimate of drug-likeness (QED) is 0.234. The molecule has 2 radical (unpaired) electrons. The largest absolute Gasteiger partial charge is 0.466 e. The zero-order chi connectivity index (χ0) is 27.6. The molecular weight excluding hydrogens is 492 g/mol. The lowest BCUT2D eigenvalue weighted by Crippen LogP contribution is -2.53. The SMILES string of the molecule is [CH]S(O)(N[C@H](CC(=O)OCC)[C@H](Cc1ccccc1)N(Cc1ccccc1)Cc1ccccc1)C(C)(C)C. The first kappa shape index (κ1) is 29.9. The number of carbonyl (C=O) groups is 1. The van der Waals surface area contributed by atoms with Gasteiger partial charge in [0.05, 0.1) is 19.3 Å². The van der Waals surface area contributed by atoms with E-state index in [1.807, 2.05) is 75.4 Å². The molecule has 3 aromatic rings. The number of benzene rings is 3. The summed E-state index contributed by atoms with van der Waals surface area (Å²) < 4.78 is 19.6. The zero-order valence-electron chi connectivity index (χ0n) is 23.0. The number of ether oxygens (including phenoxy) is 1. The molecule has 0 aliphatic heterocycles. The maximum atomic E-state index is 12.9. The van der Waals surface area contributed by atoms with Crippen molar-refractivity contribution >= 4 is 16.5 Å². The van der Waals surface area contributed by atoms with Crippen LogP contribution in [-0.2, 0) is 29.0 Å². The Morgan fingerprint density at radius 3 is 1.76 bits per heavy atom. The Morgan fingerprint density at radius 2 is 1.34 bits per heavy atom. The number of nitrogens with zero attached hydrogens (tertiary/aromatic N) is 1. The second-order valence-electron chi connectivity index (χ2n) is 10.6. The summed E-state index contributed by atoms with van der Waals surface area (Å²) >= 11 is 0. The predicted molar refractivity (Wildman–Crippen MR) is 159 cm³/mol. The number of hydrogen-bond acceptors (Lipinski definition) is 5. The van der Waals surface area contributed by atoms with E-state index in [2.05, 4.69) is 46.0 Å². The first-order chi connectivity index (χ1) is 18.1. The number of rotatable bonds is 13. The van der Waals surface area contributed by atoms with Crippen molar-refractivity contribution in [3.63, 3.8) is 0 Å². The summed E-state index contributed by atoms with van der Waals surface area (Å²) in [6, 6.07) is 30.3. The highest BCUT2D eigenvalue weighted by Gasteiger charge is 2.38. The Bertz CT molecular complexity index is 1060. The van der Waals surface area contributed by atoms with Gasteiger partial charge in [-0.15, -0.1) is 0 Å². The molecule has 6 heteroatoms. The fraction of sp³-hybridized carbons (Fsp3) is 0.375. The Hall–Kier alpha value is -2.64. The van der Waals surface area contributed by atoms with Gasteiger partial charge < -0.3 is 9.29 Å². The van der Waals surface area contributed by atoms with E-state index in [4.69, 9.17) is 11.0 Å². The molecule has 0 aliphatic carbocycles. The molecular formula is C32H42N2O3S. The third-order valence-electron chi connectivity index (χ3n) is 6.63. The first-order valence-electron chi connectivity index (χ1n) is 13.2. The van der Waals surface area contributed by atoms with Crippen molar-refractivity contribution in [3.05, 3.63) is 114 Å². The van der Waals surface area contributed by atoms with Gasteiger partial charge in [0, 0.05) is 29.9 Å². The molecule has 3 rings (SSSR count). The first-order valence-corrected chi connectivity index (χ1v) is 14.9. The topological polar surface area (TPSA) is 61.8 Å². The van der Waals surface area contributed by atoms with Crippen LogP contribution in [-0.4, -0.2) is 38.9 Å². The summed E-state index contributed by atoms with van der Waals surface area (Å²) in [5.41, 5.74) is 3.48. The van der Waals surface area contributed by atoms with Crippen LogP contribution in [0.4, 0.5) is 0 Å². The molecule has 3 atom stereocenters. The van der Waals surface area contributed by atoms with E-state index in [1.54, 1.807) is 6.92 Å². The molecule has 0 bridgehead atoms. The predicted octanol–water partition coefficient (Wildman–Crippen LogP) is 6.87. The van der Waals surface area contributed by atoms with Gasteiger partial charge in [0.2, 0.25) is 0 Å². The number of nitrogens with one attached hydrogen (secondary N) is 1. The van der Waals surface area contributed by atoms with Crippen molar-refractivity contribution in [1.29, 1.82) is 0 Å². The van der Waals surface area contributed by atoms with Crippen molar-refractivity contribution in [2.75, 3.05) is 6.61 Å². The summed E-state index contributed by atoms with van der Waals surface area (Å²) in [4.78, 5) is 15.3. The highest BCUT2D eigenvalue weighted by molar-refractivity contribution is 8.29. The second-order valence-corrected chi connectivity index (χ2v) is 13.3. The van der Waals surface area contributed by atoms with Crippen LogP contribution >= 0.6 is 10.5 Å². The molecule has 1 unspecified atom stereocenters. The van der Waals surface area contributed by atoms with Gasteiger partial charge in [-0.3, -0.25) is 14.4 Å². The van der Waals surface area contributed by atoms with Crippen LogP contribution in [0.2, 0.25) is 0 Å². The van der Waals surface area contributed by atoms with Crippen LogP contribution in [0.5, 0.6) is 0 Å². The molecule has 38 heavy (non-hydrogen) atoms. The fourth-order valence-corrected chi connectivity index (χ4v) is 5.43. The Morgan fingerprint density at radius 1 is 0.895 bits per heavy atom. The standard InChI is InChI=1S/C32H42N2O3S/c1-6-37-31(35)23-29(33-38(5,36)32(2,3)4)30(22-26-16-10-7-11-17-26)34(24-27-18-12-8-13-19-27)25-28-20-14-9-15-21-28/h5,7-21,29-30,33,36H,6,22-25H2,1-4H3/t29-,30+/m1/s1. The van der Waals surface area contributed by atoms with Crippen molar-refractivity contribution in [2.24, 2.45) is 0 Å². The highest BCUT2D eigenvalue weighted by atomic mass is 32.3. The van der Waals surface area contributed by atoms with Gasteiger partial charge >= 0.3 is 5.97 Å². The van der Waals surface area contributed by atoms with Gasteiger partial charge in [-0.25, -0.2) is 0 Å². The van der Waals surface area contributed by atoms with Gasteiger partial charge in [0.1, 0.15) is 0 Å². The van der Waals surface area contributed by atoms with Crippen molar-refractivity contribution in [1.82, 2.24) is 9.62 Å². The van der Waals surface area contributed by atoms with Gasteiger partial charge in [-0.05, 0) is 50.8 Å². The molecule has 5 nitrogen and oxygen atoms in total. The van der Waals surface area contributed by atoms with E-state index >= 15 is 0 Å². The van der Waals surface area contributed by atoms with Crippen LogP contribution in [0.25, 0.3) is 0 Å². The van der Waals surface area contributed by atoms with E-state index in [0.717, 1.165) is 5.56 Å². The Balaban J connectivity index is 2.08. The van der Waals surface area contributed by atoms with Gasteiger partial charge in [-0.1, -0.05) is 101 Å². The Labute approximate surface area is 230 Å². The zero-order valence-corrected chi connectivity index (χ0v) is 23.9. The minimum Gasteiger partial charge on any atom is -0.466 e. The number of hydrogen-bond donors (Lipinski definition) is 2. The molecule has 3 aromatic carbocycles. The molecule has 0 saturated carbocycles. The van der Waals surface area contributed by atoms with Crippen molar-refractivity contribution < 1.29 is 14.1 Å². The highest BCUT2D eigenvalue weighted by Crippen LogP contribution is 2.51. The monoisotopic (exact) mass is 534 g/mol. The third-order valence-corrected chi connectivity index (χ3v) is 9.16. The summed E-state index contributed by atoms with van der Waals surface area (Å²) in [5.74, 6) is -0.313. The smallest absolute Gasteiger partial charge is 0.307 e. The molecule has 0 saturated heterocycles. The second kappa shape index (κ2) is 13.9. The molecule has 0 spiro atoms. The van der Waals surface area contributed by atoms with Crippen LogP contribution in [0.15, 0.2) is 91.0 Å². The lowest BCUT2D eigenvalue weighted by atomic mass is 9.95. The molecule has 0 heterocycles. The molecule has 0 amide bonds. The summed E-state index contributed by atoms with van der Waals surface area (Å²) in [7, 11) is -2.76. The lowest BCUT2D eigenvalue weighted by molar-refractivity contribution is -0.144. The minimum atomic E-state index is -2.76. The Kier molecular flexibility index (Phi) is 11.0. The van der Waals surface area contributed by atoms with Gasteiger partial charge in [-0.2, -0.15) is 0 Å². The maximum Gasteiger partial charge on any atom is 0.307 e. The van der Waals surface area contributed by atoms with Crippen LogP contribution in [0.1, 0.15) is 50.8 Å². The maximum absolute atomic E-state index is 12.9. The third kappa shape index (κ3) is 8.98. The van der Waals surface area contributed by atoms with Crippen molar-refractivity contribution in [3.8, 4) is 0 Å². The van der Waals surface area contributed by atoms with E-state index in [9.17, 15) is 9.35 Å². The molecule has 204 valence electrons. The lowest BCUT2D eigenvalue weighted by Gasteiger charge is -2.47. The normalized spacial score (nSPS) is 15.9. The summed E-state index contributed by atoms with van der Waals surface area (Å²) in [6.07, 6.45) is 7.29. The molecule has 0 aliphatic rings. The molecule has 2 N–H and O–H groups in total. The minimum absolute atomic E-state index is 0.0913. The van der Waals surface area contributed by atoms with Crippen LogP contribution in [0, 0.1) is 6.26 Å². The average Bonchev–Trinajstić information content (AvgIpc) is 2.88. The van der Waals surface area contributed by atoms with E-state index in [-0.39, 0.29) is 18.4 Å². The molecule has 0 fully saturated rings. The van der Waals surface area contributed by atoms with Crippen LogP contribution in [0.3, 0.4) is 0 Å². The molecule has 0 aromatic heterocycles. The van der Waals surface area contributed by atoms with Crippen LogP contribution < -0.4 is 4.72 Å².